The summed E-state index contributed by atoms with van der Waals surface area (Å²) in [6.07, 6.45) is -0.208. The number of carboxylic acids is 1. The zero-order chi connectivity index (χ0) is 33.5. The van der Waals surface area contributed by atoms with Crippen molar-refractivity contribution in [2.75, 3.05) is 18.6 Å². The summed E-state index contributed by atoms with van der Waals surface area (Å²) in [5, 5.41) is 29.9. The van der Waals surface area contributed by atoms with Crippen LogP contribution in [0.3, 0.4) is 0 Å². The lowest BCUT2D eigenvalue weighted by Gasteiger charge is -2.25. The SMILES string of the molecule is CCN(C(=O)c1c(-c2ccc(F)cc2)c(-c2ccc(F)cc2)c(C=CC(O)CC(O)CC(=O)O)n1C(C)C)c1ccc(OC)cc1. The van der Waals surface area contributed by atoms with Crippen LogP contribution in [0.4, 0.5) is 14.5 Å². The molecule has 0 saturated heterocycles. The molecule has 4 aromatic rings. The monoisotopic (exact) mass is 632 g/mol. The van der Waals surface area contributed by atoms with E-state index in [1.807, 2.05) is 25.3 Å². The number of methoxy groups -OCH3 is 1. The number of hydrogen-bond donors (Lipinski definition) is 3. The van der Waals surface area contributed by atoms with Gasteiger partial charge in [-0.2, -0.15) is 0 Å². The number of carbonyl (C=O) groups excluding carboxylic acids is 1. The number of aliphatic carboxylic acids is 1. The molecule has 2 unspecified atom stereocenters. The van der Waals surface area contributed by atoms with Crippen LogP contribution >= 0.6 is 0 Å². The van der Waals surface area contributed by atoms with Crippen molar-refractivity contribution in [3.05, 3.63) is 102 Å². The Labute approximate surface area is 266 Å². The average Bonchev–Trinajstić information content (AvgIpc) is 3.36. The van der Waals surface area contributed by atoms with E-state index in [-0.39, 0.29) is 18.4 Å². The van der Waals surface area contributed by atoms with Crippen LogP contribution in [0.15, 0.2) is 78.9 Å². The first kappa shape index (κ1) is 34.1. The molecular formula is C36H38F2N2O6. The predicted molar refractivity (Wildman–Crippen MR) is 174 cm³/mol. The summed E-state index contributed by atoms with van der Waals surface area (Å²) >= 11 is 0. The molecule has 0 aliphatic rings. The standard InChI is InChI=1S/C36H38F2N2O6/c1-5-39(27-14-17-30(46-4)18-15-27)36(45)35-34(24-8-12-26(38)13-9-24)33(23-6-10-25(37)11-7-23)31(40(35)22(2)3)19-16-28(41)20-29(42)21-32(43)44/h6-19,22,28-29,41-42H,5,20-21H2,1-4H3,(H,43,44). The van der Waals surface area contributed by atoms with E-state index in [1.54, 1.807) is 66.6 Å². The van der Waals surface area contributed by atoms with Gasteiger partial charge in [0, 0.05) is 41.5 Å². The van der Waals surface area contributed by atoms with Crippen LogP contribution in [0, 0.1) is 11.6 Å². The van der Waals surface area contributed by atoms with Crippen molar-refractivity contribution in [1.82, 2.24) is 4.57 Å². The van der Waals surface area contributed by atoms with E-state index < -0.39 is 36.2 Å². The van der Waals surface area contributed by atoms with E-state index in [0.717, 1.165) is 0 Å². The molecule has 0 bridgehead atoms. The van der Waals surface area contributed by atoms with Gasteiger partial charge in [0.05, 0.1) is 25.7 Å². The fourth-order valence-electron chi connectivity index (χ4n) is 5.50. The number of hydrogen-bond acceptors (Lipinski definition) is 5. The Balaban J connectivity index is 2.02. The number of amides is 1. The molecule has 46 heavy (non-hydrogen) atoms. The van der Waals surface area contributed by atoms with Gasteiger partial charge in [-0.05, 0) is 86.5 Å². The van der Waals surface area contributed by atoms with Gasteiger partial charge in [-0.25, -0.2) is 8.78 Å². The van der Waals surface area contributed by atoms with Crippen LogP contribution < -0.4 is 9.64 Å². The van der Waals surface area contributed by atoms with Crippen LogP contribution in [0.5, 0.6) is 5.75 Å². The first-order valence-electron chi connectivity index (χ1n) is 15.0. The number of nitrogens with zero attached hydrogens (tertiary/aromatic N) is 2. The molecule has 1 heterocycles. The highest BCUT2D eigenvalue weighted by Crippen LogP contribution is 2.43. The van der Waals surface area contributed by atoms with Crippen LogP contribution in [-0.4, -0.2) is 57.6 Å². The Morgan fingerprint density at radius 3 is 1.91 bits per heavy atom. The predicted octanol–water partition coefficient (Wildman–Crippen LogP) is 6.96. The lowest BCUT2D eigenvalue weighted by molar-refractivity contribution is -0.139. The number of carboxylic acid groups (broad SMARTS) is 1. The van der Waals surface area contributed by atoms with Crippen molar-refractivity contribution in [1.29, 1.82) is 0 Å². The molecule has 0 aliphatic heterocycles. The number of aliphatic hydroxyl groups excluding tert-OH is 2. The van der Waals surface area contributed by atoms with Crippen molar-refractivity contribution in [3.8, 4) is 28.0 Å². The molecule has 4 rings (SSSR count). The fourth-order valence-corrected chi connectivity index (χ4v) is 5.50. The van der Waals surface area contributed by atoms with Crippen LogP contribution in [0.25, 0.3) is 28.3 Å². The van der Waals surface area contributed by atoms with Gasteiger partial charge >= 0.3 is 5.97 Å². The van der Waals surface area contributed by atoms with Gasteiger partial charge in [-0.15, -0.1) is 0 Å². The Bertz CT molecular complexity index is 1680. The van der Waals surface area contributed by atoms with Crippen LogP contribution in [-0.2, 0) is 4.79 Å². The van der Waals surface area contributed by atoms with Gasteiger partial charge in [0.25, 0.3) is 5.91 Å². The van der Waals surface area contributed by atoms with Crippen LogP contribution in [0.1, 0.15) is 55.8 Å². The minimum Gasteiger partial charge on any atom is -0.497 e. The maximum absolute atomic E-state index is 14.7. The summed E-state index contributed by atoms with van der Waals surface area (Å²) in [5.74, 6) is -1.83. The molecule has 0 spiro atoms. The Hall–Kier alpha value is -4.80. The largest absolute Gasteiger partial charge is 0.497 e. The topological polar surface area (TPSA) is 112 Å². The molecule has 0 saturated carbocycles. The second-order valence-electron chi connectivity index (χ2n) is 11.1. The van der Waals surface area contributed by atoms with Gasteiger partial charge in [0.15, 0.2) is 0 Å². The van der Waals surface area contributed by atoms with Gasteiger partial charge in [0.2, 0.25) is 0 Å². The quantitative estimate of drug-likeness (QED) is 0.147. The summed E-state index contributed by atoms with van der Waals surface area (Å²) in [5.41, 5.74) is 3.56. The third-order valence-electron chi connectivity index (χ3n) is 7.57. The first-order chi connectivity index (χ1) is 21.9. The Kier molecular flexibility index (Phi) is 11.1. The maximum Gasteiger partial charge on any atom is 0.305 e. The van der Waals surface area contributed by atoms with Crippen molar-refractivity contribution in [2.24, 2.45) is 0 Å². The van der Waals surface area contributed by atoms with E-state index in [2.05, 4.69) is 0 Å². The van der Waals surface area contributed by atoms with Crippen molar-refractivity contribution < 1.29 is 38.4 Å². The number of benzene rings is 3. The number of aliphatic hydroxyl groups is 2. The highest BCUT2D eigenvalue weighted by atomic mass is 19.1. The summed E-state index contributed by atoms with van der Waals surface area (Å²) in [6.45, 7) is 5.96. The second-order valence-corrected chi connectivity index (χ2v) is 11.1. The molecule has 10 heteroatoms. The normalized spacial score (nSPS) is 12.8. The molecule has 8 nitrogen and oxygen atoms in total. The van der Waals surface area contributed by atoms with Gasteiger partial charge in [-0.1, -0.05) is 30.3 Å². The van der Waals surface area contributed by atoms with E-state index in [4.69, 9.17) is 9.84 Å². The third-order valence-corrected chi connectivity index (χ3v) is 7.57. The smallest absolute Gasteiger partial charge is 0.305 e. The molecule has 0 aliphatic carbocycles. The molecule has 242 valence electrons. The van der Waals surface area contributed by atoms with Crippen molar-refractivity contribution >= 4 is 23.6 Å². The summed E-state index contributed by atoms with van der Waals surface area (Å²) in [7, 11) is 1.55. The van der Waals surface area contributed by atoms with Gasteiger partial charge in [0.1, 0.15) is 23.1 Å². The third kappa shape index (κ3) is 7.70. The molecule has 0 fully saturated rings. The Morgan fingerprint density at radius 2 is 1.43 bits per heavy atom. The second kappa shape index (κ2) is 15.0. The lowest BCUT2D eigenvalue weighted by atomic mass is 9.94. The highest BCUT2D eigenvalue weighted by Gasteiger charge is 2.32. The highest BCUT2D eigenvalue weighted by molar-refractivity contribution is 6.13. The number of carbonyl (C=O) groups is 2. The lowest BCUT2D eigenvalue weighted by Crippen LogP contribution is -2.33. The summed E-state index contributed by atoms with van der Waals surface area (Å²) in [6, 6.07) is 18.3. The van der Waals surface area contributed by atoms with E-state index in [9.17, 15) is 28.6 Å². The van der Waals surface area contributed by atoms with E-state index >= 15 is 0 Å². The maximum atomic E-state index is 14.7. The minimum absolute atomic E-state index is 0.227. The molecule has 3 aromatic carbocycles. The molecule has 1 aromatic heterocycles. The molecule has 2 atom stereocenters. The summed E-state index contributed by atoms with van der Waals surface area (Å²) in [4.78, 5) is 27.4. The molecule has 3 N–H and O–H groups in total. The van der Waals surface area contributed by atoms with Crippen molar-refractivity contribution in [3.63, 3.8) is 0 Å². The van der Waals surface area contributed by atoms with E-state index in [1.165, 1.54) is 30.3 Å². The van der Waals surface area contributed by atoms with Crippen molar-refractivity contribution in [2.45, 2.75) is 51.9 Å². The van der Waals surface area contributed by atoms with Gasteiger partial charge in [-0.3, -0.25) is 9.59 Å². The Morgan fingerprint density at radius 1 is 0.891 bits per heavy atom. The van der Waals surface area contributed by atoms with Crippen LogP contribution in [0.2, 0.25) is 0 Å². The number of ether oxygens (including phenoxy) is 1. The summed E-state index contributed by atoms with van der Waals surface area (Å²) < 4.78 is 35.4. The van der Waals surface area contributed by atoms with E-state index in [0.29, 0.717) is 51.6 Å². The molecule has 1 amide bonds. The first-order valence-corrected chi connectivity index (χ1v) is 15.0. The fraction of sp³-hybridized carbons (Fsp3) is 0.278. The number of halogens is 2. The number of rotatable bonds is 13. The number of aromatic nitrogens is 1. The zero-order valence-corrected chi connectivity index (χ0v) is 26.2. The molecule has 0 radical (unpaired) electrons. The van der Waals surface area contributed by atoms with Gasteiger partial charge < -0.3 is 29.5 Å². The molecular weight excluding hydrogens is 594 g/mol. The average molecular weight is 633 g/mol. The zero-order valence-electron chi connectivity index (χ0n) is 26.2. The number of anilines is 1. The minimum atomic E-state index is -1.28.